The van der Waals surface area contributed by atoms with E-state index in [1.165, 1.54) is 0 Å². The molecule has 1 N–H and O–H groups in total. The van der Waals surface area contributed by atoms with Crippen LogP contribution in [0.3, 0.4) is 0 Å². The van der Waals surface area contributed by atoms with E-state index >= 15 is 0 Å². The number of amides is 1. The summed E-state index contributed by atoms with van der Waals surface area (Å²) >= 11 is 0. The van der Waals surface area contributed by atoms with Gasteiger partial charge in [0.2, 0.25) is 0 Å². The summed E-state index contributed by atoms with van der Waals surface area (Å²) < 4.78 is 3.56. The zero-order chi connectivity index (χ0) is 22.9. The van der Waals surface area contributed by atoms with Gasteiger partial charge in [0.05, 0.1) is 35.2 Å². The molecule has 0 bridgehead atoms. The zero-order valence-electron chi connectivity index (χ0n) is 19.0. The third-order valence-electron chi connectivity index (χ3n) is 6.15. The Balaban J connectivity index is 1.29. The van der Waals surface area contributed by atoms with Crippen LogP contribution in [-0.2, 0) is 7.05 Å². The molecule has 0 saturated carbocycles. The van der Waals surface area contributed by atoms with E-state index in [-0.39, 0.29) is 5.91 Å². The lowest BCUT2D eigenvalue weighted by Crippen LogP contribution is -2.39. The molecule has 4 aromatic heterocycles. The number of likely N-dealkylation sites (tertiary alicyclic amines) is 1. The number of carbonyl (C=O) groups excluding carboxylic acids is 1. The molecule has 0 unspecified atom stereocenters. The first kappa shape index (κ1) is 21.2. The zero-order valence-corrected chi connectivity index (χ0v) is 19.0. The molecule has 1 amide bonds. The molecular formula is C23H27N9O. The van der Waals surface area contributed by atoms with Crippen LogP contribution in [0.1, 0.15) is 43.1 Å². The van der Waals surface area contributed by atoms with Crippen molar-refractivity contribution in [2.24, 2.45) is 7.05 Å². The third-order valence-corrected chi connectivity index (χ3v) is 6.15. The Hall–Kier alpha value is -3.66. The first-order valence-corrected chi connectivity index (χ1v) is 11.2. The largest absolute Gasteiger partial charge is 0.306 e. The highest BCUT2D eigenvalue weighted by Gasteiger charge is 2.23. The molecule has 0 radical (unpaired) electrons. The Kier molecular flexibility index (Phi) is 5.59. The van der Waals surface area contributed by atoms with Gasteiger partial charge in [0.25, 0.3) is 5.91 Å². The summed E-state index contributed by atoms with van der Waals surface area (Å²) in [5.41, 5.74) is 2.64. The van der Waals surface area contributed by atoms with Crippen LogP contribution in [0.5, 0.6) is 0 Å². The van der Waals surface area contributed by atoms with E-state index in [1.807, 2.05) is 36.3 Å². The van der Waals surface area contributed by atoms with Crippen LogP contribution in [0.2, 0.25) is 0 Å². The Morgan fingerprint density at radius 1 is 1.12 bits per heavy atom. The molecule has 1 aliphatic rings. The van der Waals surface area contributed by atoms with E-state index in [9.17, 15) is 4.79 Å². The highest BCUT2D eigenvalue weighted by molar-refractivity contribution is 6.04. The van der Waals surface area contributed by atoms with Gasteiger partial charge in [-0.1, -0.05) is 5.21 Å². The number of aryl methyl sites for hydroxylation is 1. The van der Waals surface area contributed by atoms with Crippen molar-refractivity contribution in [2.75, 3.05) is 18.4 Å². The molecule has 4 aromatic rings. The minimum absolute atomic E-state index is 0.238. The number of carbonyl (C=O) groups is 1. The van der Waals surface area contributed by atoms with Gasteiger partial charge in [0.1, 0.15) is 11.5 Å². The SMILES string of the molecule is CC(C)N1CCC(n2cc(C(=O)Nc3cc4nc(-c5cn(C)nn5)ccc4cn3)cn2)CC1. The fourth-order valence-electron chi connectivity index (χ4n) is 4.20. The number of piperidine rings is 1. The predicted octanol–water partition coefficient (Wildman–Crippen LogP) is 2.92. The van der Waals surface area contributed by atoms with Crippen molar-refractivity contribution in [3.05, 3.63) is 48.5 Å². The number of nitrogens with zero attached hydrogens (tertiary/aromatic N) is 8. The van der Waals surface area contributed by atoms with Crippen LogP contribution in [-0.4, -0.2) is 64.7 Å². The molecule has 1 aliphatic heterocycles. The van der Waals surface area contributed by atoms with Gasteiger partial charge >= 0.3 is 0 Å². The summed E-state index contributed by atoms with van der Waals surface area (Å²) in [5.74, 6) is 0.201. The number of hydrogen-bond donors (Lipinski definition) is 1. The molecular weight excluding hydrogens is 418 g/mol. The number of anilines is 1. The quantitative estimate of drug-likeness (QED) is 0.503. The van der Waals surface area contributed by atoms with Gasteiger partial charge in [-0.15, -0.1) is 5.10 Å². The fourth-order valence-corrected chi connectivity index (χ4v) is 4.20. The van der Waals surface area contributed by atoms with Crippen molar-refractivity contribution < 1.29 is 4.79 Å². The van der Waals surface area contributed by atoms with Crippen molar-refractivity contribution >= 4 is 22.6 Å². The Morgan fingerprint density at radius 2 is 1.94 bits per heavy atom. The number of nitrogens with one attached hydrogen (secondary N) is 1. The molecule has 33 heavy (non-hydrogen) atoms. The summed E-state index contributed by atoms with van der Waals surface area (Å²) in [4.78, 5) is 24.3. The van der Waals surface area contributed by atoms with Crippen LogP contribution in [0, 0.1) is 0 Å². The molecule has 0 aliphatic carbocycles. The maximum absolute atomic E-state index is 12.8. The van der Waals surface area contributed by atoms with Gasteiger partial charge < -0.3 is 10.2 Å². The Morgan fingerprint density at radius 3 is 2.67 bits per heavy atom. The van der Waals surface area contributed by atoms with Gasteiger partial charge in [-0.25, -0.2) is 9.97 Å². The highest BCUT2D eigenvalue weighted by Crippen LogP contribution is 2.24. The molecule has 5 heterocycles. The number of hydrogen-bond acceptors (Lipinski definition) is 7. The monoisotopic (exact) mass is 445 g/mol. The van der Waals surface area contributed by atoms with Gasteiger partial charge in [-0.2, -0.15) is 5.10 Å². The maximum atomic E-state index is 12.8. The Labute approximate surface area is 191 Å². The third kappa shape index (κ3) is 4.47. The van der Waals surface area contributed by atoms with Crippen LogP contribution in [0.4, 0.5) is 5.82 Å². The lowest BCUT2D eigenvalue weighted by molar-refractivity contribution is 0.102. The normalized spacial score (nSPS) is 15.4. The minimum Gasteiger partial charge on any atom is -0.306 e. The second kappa shape index (κ2) is 8.70. The van der Waals surface area contributed by atoms with Gasteiger partial charge in [0.15, 0.2) is 0 Å². The number of fused-ring (bicyclic) bond motifs is 1. The molecule has 0 aromatic carbocycles. The Bertz CT molecular complexity index is 1280. The summed E-state index contributed by atoms with van der Waals surface area (Å²) in [5, 5.41) is 16.3. The van der Waals surface area contributed by atoms with E-state index in [4.69, 9.17) is 0 Å². The molecule has 170 valence electrons. The van der Waals surface area contributed by atoms with E-state index in [0.717, 1.165) is 36.8 Å². The van der Waals surface area contributed by atoms with Crippen molar-refractivity contribution in [3.63, 3.8) is 0 Å². The smallest absolute Gasteiger partial charge is 0.260 e. The first-order chi connectivity index (χ1) is 16.0. The molecule has 1 saturated heterocycles. The van der Waals surface area contributed by atoms with Crippen LogP contribution in [0.25, 0.3) is 22.3 Å². The second-order valence-electron chi connectivity index (χ2n) is 8.76. The first-order valence-electron chi connectivity index (χ1n) is 11.2. The summed E-state index contributed by atoms with van der Waals surface area (Å²) in [6.45, 7) is 6.55. The lowest BCUT2D eigenvalue weighted by Gasteiger charge is -2.34. The minimum atomic E-state index is -0.238. The van der Waals surface area contributed by atoms with Crippen LogP contribution >= 0.6 is 0 Å². The van der Waals surface area contributed by atoms with Crippen LogP contribution < -0.4 is 5.32 Å². The average molecular weight is 446 g/mol. The second-order valence-corrected chi connectivity index (χ2v) is 8.76. The van der Waals surface area contributed by atoms with E-state index in [2.05, 4.69) is 49.4 Å². The average Bonchev–Trinajstić information content (AvgIpc) is 3.48. The molecule has 1 fully saturated rings. The summed E-state index contributed by atoms with van der Waals surface area (Å²) in [6.07, 6.45) is 9.03. The van der Waals surface area contributed by atoms with Gasteiger partial charge in [0, 0.05) is 50.0 Å². The number of rotatable bonds is 5. The number of aromatic nitrogens is 7. The molecule has 0 spiro atoms. The summed E-state index contributed by atoms with van der Waals surface area (Å²) in [6, 6.07) is 6.46. The predicted molar refractivity (Wildman–Crippen MR) is 125 cm³/mol. The molecule has 10 heteroatoms. The van der Waals surface area contributed by atoms with E-state index in [0.29, 0.717) is 34.9 Å². The fraction of sp³-hybridized carbons (Fsp3) is 0.391. The van der Waals surface area contributed by atoms with Crippen molar-refractivity contribution in [1.29, 1.82) is 0 Å². The van der Waals surface area contributed by atoms with E-state index < -0.39 is 0 Å². The van der Waals surface area contributed by atoms with Gasteiger partial charge in [-0.3, -0.25) is 14.2 Å². The maximum Gasteiger partial charge on any atom is 0.260 e. The van der Waals surface area contributed by atoms with E-state index in [1.54, 1.807) is 23.1 Å². The lowest BCUT2D eigenvalue weighted by atomic mass is 10.0. The van der Waals surface area contributed by atoms with Crippen molar-refractivity contribution in [2.45, 2.75) is 38.8 Å². The van der Waals surface area contributed by atoms with Crippen molar-refractivity contribution in [1.82, 2.24) is 39.6 Å². The molecule has 0 atom stereocenters. The molecule has 10 nitrogen and oxygen atoms in total. The van der Waals surface area contributed by atoms with Crippen molar-refractivity contribution in [3.8, 4) is 11.4 Å². The summed E-state index contributed by atoms with van der Waals surface area (Å²) in [7, 11) is 1.81. The van der Waals surface area contributed by atoms with Gasteiger partial charge in [-0.05, 0) is 38.8 Å². The molecule has 5 rings (SSSR count). The standard InChI is InChI=1S/C23H27N9O/c1-15(2)31-8-6-18(7-9-31)32-13-17(12-25-32)23(33)27-22-10-20-16(11-24-22)4-5-19(26-20)21-14-30(3)29-28-21/h4-5,10-15,18H,6-9H2,1-3H3,(H,24,27,33). The highest BCUT2D eigenvalue weighted by atomic mass is 16.1. The van der Waals surface area contributed by atoms with Crippen LogP contribution in [0.15, 0.2) is 43.0 Å². The topological polar surface area (TPSA) is 107 Å². The number of pyridine rings is 2.